The zero-order chi connectivity index (χ0) is 15.4. The first-order chi connectivity index (χ1) is 10.0. The highest BCUT2D eigenvalue weighted by atomic mass is 79.9. The second-order valence-corrected chi connectivity index (χ2v) is 6.03. The van der Waals surface area contributed by atoms with E-state index in [2.05, 4.69) is 39.2 Å². The summed E-state index contributed by atoms with van der Waals surface area (Å²) in [6, 6.07) is 9.07. The Hall–Kier alpha value is -1.26. The van der Waals surface area contributed by atoms with E-state index in [1.54, 1.807) is 12.1 Å². The molecule has 0 aliphatic carbocycles. The molecule has 4 heteroatoms. The van der Waals surface area contributed by atoms with Crippen molar-refractivity contribution in [3.8, 4) is 0 Å². The third-order valence-electron chi connectivity index (χ3n) is 3.52. The fourth-order valence-electron chi connectivity index (χ4n) is 2.52. The lowest BCUT2D eigenvalue weighted by Gasteiger charge is -2.21. The predicted octanol–water partition coefficient (Wildman–Crippen LogP) is 4.49. The quantitative estimate of drug-likeness (QED) is 0.858. The minimum atomic E-state index is -0.206. The van der Waals surface area contributed by atoms with E-state index in [0.717, 1.165) is 34.4 Å². The van der Waals surface area contributed by atoms with Crippen molar-refractivity contribution in [2.24, 2.45) is 0 Å². The van der Waals surface area contributed by atoms with Crippen molar-refractivity contribution >= 4 is 15.9 Å². The van der Waals surface area contributed by atoms with Gasteiger partial charge in [-0.1, -0.05) is 28.9 Å². The minimum Gasteiger partial charge on any atom is -0.310 e. The van der Waals surface area contributed by atoms with Crippen LogP contribution in [-0.4, -0.2) is 11.5 Å². The van der Waals surface area contributed by atoms with Gasteiger partial charge in [-0.2, -0.15) is 0 Å². The molecule has 1 unspecified atom stereocenters. The molecule has 0 radical (unpaired) electrons. The number of pyridine rings is 1. The van der Waals surface area contributed by atoms with Crippen LogP contribution in [0.1, 0.15) is 35.5 Å². The first-order valence-corrected chi connectivity index (χ1v) is 7.92. The van der Waals surface area contributed by atoms with Gasteiger partial charge in [0.05, 0.1) is 0 Å². The predicted molar refractivity (Wildman–Crippen MR) is 87.9 cm³/mol. The van der Waals surface area contributed by atoms with E-state index in [-0.39, 0.29) is 11.9 Å². The van der Waals surface area contributed by atoms with Gasteiger partial charge < -0.3 is 5.32 Å². The summed E-state index contributed by atoms with van der Waals surface area (Å²) in [5.41, 5.74) is 4.16. The van der Waals surface area contributed by atoms with Gasteiger partial charge in [0.1, 0.15) is 5.82 Å². The highest BCUT2D eigenvalue weighted by molar-refractivity contribution is 9.10. The number of aryl methyl sites for hydroxylation is 2. The number of nitrogens with zero attached hydrogens (tertiary/aromatic N) is 1. The Balaban J connectivity index is 2.32. The van der Waals surface area contributed by atoms with Crippen LogP contribution in [0.3, 0.4) is 0 Å². The Morgan fingerprint density at radius 1 is 1.24 bits per heavy atom. The number of likely N-dealkylation sites (N-methyl/N-ethyl adjacent to an activating group) is 1. The van der Waals surface area contributed by atoms with E-state index < -0.39 is 0 Å². The number of rotatable bonds is 5. The normalized spacial score (nSPS) is 12.4. The average molecular weight is 351 g/mol. The molecule has 1 heterocycles. The molecule has 21 heavy (non-hydrogen) atoms. The Morgan fingerprint density at radius 2 is 2.00 bits per heavy atom. The first kappa shape index (κ1) is 16.1. The van der Waals surface area contributed by atoms with Gasteiger partial charge in [0.25, 0.3) is 0 Å². The molecule has 2 rings (SSSR count). The van der Waals surface area contributed by atoms with Crippen molar-refractivity contribution in [3.05, 3.63) is 63.1 Å². The summed E-state index contributed by atoms with van der Waals surface area (Å²) in [6.45, 7) is 6.94. The van der Waals surface area contributed by atoms with Crippen molar-refractivity contribution < 1.29 is 4.39 Å². The van der Waals surface area contributed by atoms with Gasteiger partial charge in [0.15, 0.2) is 0 Å². The van der Waals surface area contributed by atoms with Crippen LogP contribution < -0.4 is 5.32 Å². The number of hydrogen-bond acceptors (Lipinski definition) is 2. The van der Waals surface area contributed by atoms with E-state index in [1.165, 1.54) is 11.6 Å². The van der Waals surface area contributed by atoms with Crippen LogP contribution in [-0.2, 0) is 6.42 Å². The third-order valence-corrected chi connectivity index (χ3v) is 4.30. The summed E-state index contributed by atoms with van der Waals surface area (Å²) < 4.78 is 14.4. The van der Waals surface area contributed by atoms with Gasteiger partial charge in [0.2, 0.25) is 0 Å². The smallest absolute Gasteiger partial charge is 0.123 e. The molecule has 0 spiro atoms. The summed E-state index contributed by atoms with van der Waals surface area (Å²) in [6.07, 6.45) is 0.720. The molecule has 0 amide bonds. The van der Waals surface area contributed by atoms with E-state index >= 15 is 0 Å². The maximum atomic E-state index is 13.5. The molecule has 1 atom stereocenters. The van der Waals surface area contributed by atoms with Gasteiger partial charge in [-0.05, 0) is 62.2 Å². The molecule has 0 aliphatic rings. The zero-order valence-electron chi connectivity index (χ0n) is 12.6. The number of halogens is 2. The highest BCUT2D eigenvalue weighted by Gasteiger charge is 2.16. The fraction of sp³-hybridized carbons (Fsp3) is 0.353. The SMILES string of the molecule is CCNC(Cc1cc(F)ccc1Br)c1ccc(C)nc1C. The molecular weight excluding hydrogens is 331 g/mol. The molecule has 0 fully saturated rings. The molecule has 112 valence electrons. The lowest BCUT2D eigenvalue weighted by Crippen LogP contribution is -2.24. The van der Waals surface area contributed by atoms with Gasteiger partial charge in [-0.25, -0.2) is 4.39 Å². The van der Waals surface area contributed by atoms with Crippen LogP contribution in [0, 0.1) is 19.7 Å². The standard InChI is InChI=1S/C17H20BrFN2/c1-4-20-17(15-7-5-11(2)21-12(15)3)10-13-9-14(19)6-8-16(13)18/h5-9,17,20H,4,10H2,1-3H3. The Morgan fingerprint density at radius 3 is 2.67 bits per heavy atom. The van der Waals surface area contributed by atoms with Crippen LogP contribution in [0.25, 0.3) is 0 Å². The zero-order valence-corrected chi connectivity index (χ0v) is 14.2. The number of nitrogens with one attached hydrogen (secondary N) is 1. The van der Waals surface area contributed by atoms with Gasteiger partial charge in [-0.3, -0.25) is 4.98 Å². The highest BCUT2D eigenvalue weighted by Crippen LogP contribution is 2.26. The van der Waals surface area contributed by atoms with Crippen LogP contribution in [0.4, 0.5) is 4.39 Å². The molecular formula is C17H20BrFN2. The van der Waals surface area contributed by atoms with Crippen molar-refractivity contribution in [1.82, 2.24) is 10.3 Å². The second-order valence-electron chi connectivity index (χ2n) is 5.18. The number of hydrogen-bond donors (Lipinski definition) is 1. The van der Waals surface area contributed by atoms with Gasteiger partial charge in [0, 0.05) is 21.9 Å². The Kier molecular flexibility index (Phi) is 5.48. The molecule has 2 aromatic rings. The van der Waals surface area contributed by atoms with Crippen LogP contribution >= 0.6 is 15.9 Å². The second kappa shape index (κ2) is 7.14. The molecule has 1 aromatic heterocycles. The molecule has 0 saturated carbocycles. The summed E-state index contributed by atoms with van der Waals surface area (Å²) >= 11 is 3.50. The Bertz CT molecular complexity index is 628. The maximum Gasteiger partial charge on any atom is 0.123 e. The molecule has 1 N–H and O–H groups in total. The van der Waals surface area contributed by atoms with E-state index in [0.29, 0.717) is 0 Å². The van der Waals surface area contributed by atoms with E-state index in [4.69, 9.17) is 0 Å². The fourth-order valence-corrected chi connectivity index (χ4v) is 2.93. The summed E-state index contributed by atoms with van der Waals surface area (Å²) in [5, 5.41) is 3.47. The van der Waals surface area contributed by atoms with Crippen molar-refractivity contribution in [3.63, 3.8) is 0 Å². The van der Waals surface area contributed by atoms with Crippen molar-refractivity contribution in [2.45, 2.75) is 33.2 Å². The van der Waals surface area contributed by atoms with Crippen molar-refractivity contribution in [2.75, 3.05) is 6.54 Å². The summed E-state index contributed by atoms with van der Waals surface area (Å²) in [5.74, 6) is -0.206. The van der Waals surface area contributed by atoms with Crippen LogP contribution in [0.5, 0.6) is 0 Å². The van der Waals surface area contributed by atoms with Crippen molar-refractivity contribution in [1.29, 1.82) is 0 Å². The number of aromatic nitrogens is 1. The summed E-state index contributed by atoms with van der Waals surface area (Å²) in [4.78, 5) is 4.53. The molecule has 0 bridgehead atoms. The monoisotopic (exact) mass is 350 g/mol. The minimum absolute atomic E-state index is 0.126. The van der Waals surface area contributed by atoms with Gasteiger partial charge >= 0.3 is 0 Å². The lowest BCUT2D eigenvalue weighted by molar-refractivity contribution is 0.541. The van der Waals surface area contributed by atoms with Crippen LogP contribution in [0.15, 0.2) is 34.8 Å². The van der Waals surface area contributed by atoms with Gasteiger partial charge in [-0.15, -0.1) is 0 Å². The third kappa shape index (κ3) is 4.11. The maximum absolute atomic E-state index is 13.5. The molecule has 2 nitrogen and oxygen atoms in total. The van der Waals surface area contributed by atoms with E-state index in [1.807, 2.05) is 19.9 Å². The largest absolute Gasteiger partial charge is 0.310 e. The topological polar surface area (TPSA) is 24.9 Å². The lowest BCUT2D eigenvalue weighted by atomic mass is 9.97. The Labute approximate surface area is 133 Å². The van der Waals surface area contributed by atoms with Crippen LogP contribution in [0.2, 0.25) is 0 Å². The first-order valence-electron chi connectivity index (χ1n) is 7.12. The molecule has 0 saturated heterocycles. The molecule has 0 aliphatic heterocycles. The molecule has 1 aromatic carbocycles. The average Bonchev–Trinajstić information content (AvgIpc) is 2.42. The number of benzene rings is 1. The summed E-state index contributed by atoms with van der Waals surface area (Å²) in [7, 11) is 0. The van der Waals surface area contributed by atoms with E-state index in [9.17, 15) is 4.39 Å².